The fourth-order valence-electron chi connectivity index (χ4n) is 2.33. The van der Waals surface area contributed by atoms with Crippen LogP contribution in [0.3, 0.4) is 0 Å². The number of benzene rings is 2. The zero-order chi connectivity index (χ0) is 18.3. The molecule has 0 heterocycles. The van der Waals surface area contributed by atoms with Crippen LogP contribution >= 0.6 is 0 Å². The second kappa shape index (κ2) is 8.46. The van der Waals surface area contributed by atoms with Gasteiger partial charge in [0, 0.05) is 25.5 Å². The van der Waals surface area contributed by atoms with Gasteiger partial charge in [-0.05, 0) is 29.8 Å². The minimum absolute atomic E-state index is 0.0662. The average Bonchev–Trinajstić information content (AvgIpc) is 2.61. The Morgan fingerprint density at radius 3 is 2.32 bits per heavy atom. The molecular formula is C19H21F2NO3. The molecule has 1 N–H and O–H groups in total. The average molecular weight is 349 g/mol. The summed E-state index contributed by atoms with van der Waals surface area (Å²) in [5.74, 6) is -2.40. The molecule has 2 aromatic rings. The molecule has 0 saturated heterocycles. The van der Waals surface area contributed by atoms with Gasteiger partial charge in [-0.15, -0.1) is 0 Å². The van der Waals surface area contributed by atoms with E-state index in [-0.39, 0.29) is 11.7 Å². The Balaban J connectivity index is 2.09. The minimum Gasteiger partial charge on any atom is -0.486 e. The molecule has 0 aliphatic heterocycles. The molecule has 0 fully saturated rings. The molecule has 2 aromatic carbocycles. The third kappa shape index (κ3) is 5.74. The van der Waals surface area contributed by atoms with Crippen LogP contribution in [0.1, 0.15) is 30.6 Å². The molecule has 0 aliphatic carbocycles. The van der Waals surface area contributed by atoms with Gasteiger partial charge in [-0.2, -0.15) is 0 Å². The Hall–Kier alpha value is -2.63. The van der Waals surface area contributed by atoms with Crippen LogP contribution in [0.2, 0.25) is 0 Å². The van der Waals surface area contributed by atoms with Gasteiger partial charge in [-0.1, -0.05) is 30.3 Å². The van der Waals surface area contributed by atoms with Gasteiger partial charge in [0.1, 0.15) is 11.9 Å². The first kappa shape index (κ1) is 18.7. The Bertz CT molecular complexity index is 669. The fraction of sp³-hybridized carbons (Fsp3) is 0.316. The van der Waals surface area contributed by atoms with Gasteiger partial charge in [-0.25, -0.2) is 13.6 Å². The van der Waals surface area contributed by atoms with E-state index >= 15 is 0 Å². The summed E-state index contributed by atoms with van der Waals surface area (Å²) in [7, 11) is 1.30. The monoisotopic (exact) mass is 349 g/mol. The number of alkyl carbamates (subject to hydrolysis) is 1. The third-order valence-electron chi connectivity index (χ3n) is 3.67. The van der Waals surface area contributed by atoms with Crippen LogP contribution in [-0.4, -0.2) is 19.7 Å². The zero-order valence-corrected chi connectivity index (χ0v) is 14.2. The summed E-state index contributed by atoms with van der Waals surface area (Å²) in [6, 6.07) is 15.3. The normalized spacial score (nSPS) is 12.3. The number of amides is 1. The molecule has 6 heteroatoms. The summed E-state index contributed by atoms with van der Waals surface area (Å²) in [5.41, 5.74) is 0.863. The molecule has 0 radical (unpaired) electrons. The number of ether oxygens (including phenoxy) is 2. The number of hydrogen-bond donors (Lipinski definition) is 1. The van der Waals surface area contributed by atoms with Crippen LogP contribution in [0.4, 0.5) is 13.6 Å². The van der Waals surface area contributed by atoms with Gasteiger partial charge in [0.15, 0.2) is 0 Å². The van der Waals surface area contributed by atoms with E-state index in [1.165, 1.54) is 31.4 Å². The molecule has 0 aliphatic rings. The van der Waals surface area contributed by atoms with Crippen molar-refractivity contribution in [2.45, 2.75) is 25.4 Å². The molecule has 2 rings (SSSR count). The standard InChI is InChI=1S/C19H21F2NO3/c1-19(20,21)15-8-10-16(11-9-15)25-17(12-13-22-18(23)24-2)14-6-4-3-5-7-14/h3-11,17H,12-13H2,1-2H3,(H,22,23). The minimum atomic E-state index is -2.89. The van der Waals surface area contributed by atoms with Crippen LogP contribution in [0.25, 0.3) is 0 Å². The highest BCUT2D eigenvalue weighted by Gasteiger charge is 2.24. The second-order valence-electron chi connectivity index (χ2n) is 5.64. The van der Waals surface area contributed by atoms with E-state index in [9.17, 15) is 13.6 Å². The summed E-state index contributed by atoms with van der Waals surface area (Å²) in [6.07, 6.45) is -0.335. The van der Waals surface area contributed by atoms with Gasteiger partial charge in [-0.3, -0.25) is 0 Å². The maximum Gasteiger partial charge on any atom is 0.406 e. The SMILES string of the molecule is COC(=O)NCCC(Oc1ccc(C(C)(F)F)cc1)c1ccccc1. The number of rotatable bonds is 7. The van der Waals surface area contributed by atoms with E-state index < -0.39 is 12.0 Å². The van der Waals surface area contributed by atoms with E-state index in [0.29, 0.717) is 18.7 Å². The lowest BCUT2D eigenvalue weighted by atomic mass is 10.1. The molecule has 1 atom stereocenters. The fourth-order valence-corrected chi connectivity index (χ4v) is 2.33. The lowest BCUT2D eigenvalue weighted by Crippen LogP contribution is -2.26. The van der Waals surface area contributed by atoms with E-state index in [4.69, 9.17) is 4.74 Å². The van der Waals surface area contributed by atoms with Crippen molar-refractivity contribution in [1.29, 1.82) is 0 Å². The van der Waals surface area contributed by atoms with Crippen LogP contribution in [0.15, 0.2) is 54.6 Å². The van der Waals surface area contributed by atoms with Crippen LogP contribution in [0, 0.1) is 0 Å². The first-order chi connectivity index (χ1) is 11.9. The van der Waals surface area contributed by atoms with Gasteiger partial charge in [0.25, 0.3) is 5.92 Å². The van der Waals surface area contributed by atoms with Gasteiger partial charge in [0.05, 0.1) is 7.11 Å². The molecule has 1 unspecified atom stereocenters. The predicted molar refractivity (Wildman–Crippen MR) is 90.8 cm³/mol. The Morgan fingerprint density at radius 1 is 1.12 bits per heavy atom. The van der Waals surface area contributed by atoms with Crippen LogP contribution in [-0.2, 0) is 10.7 Å². The van der Waals surface area contributed by atoms with Gasteiger partial charge < -0.3 is 14.8 Å². The van der Waals surface area contributed by atoms with Crippen molar-refractivity contribution < 1.29 is 23.0 Å². The van der Waals surface area contributed by atoms with Gasteiger partial charge in [0.2, 0.25) is 0 Å². The maximum absolute atomic E-state index is 13.3. The number of carbonyl (C=O) groups excluding carboxylic acids is 1. The first-order valence-electron chi connectivity index (χ1n) is 7.92. The van der Waals surface area contributed by atoms with Crippen molar-refractivity contribution in [3.8, 4) is 5.75 Å². The Kier molecular flexibility index (Phi) is 6.33. The molecule has 0 bridgehead atoms. The summed E-state index contributed by atoms with van der Waals surface area (Å²) < 4.78 is 37.1. The first-order valence-corrected chi connectivity index (χ1v) is 7.92. The summed E-state index contributed by atoms with van der Waals surface area (Å²) in [5, 5.41) is 2.61. The molecule has 1 amide bonds. The predicted octanol–water partition coefficient (Wildman–Crippen LogP) is 4.66. The summed E-state index contributed by atoms with van der Waals surface area (Å²) in [4.78, 5) is 11.2. The van der Waals surface area contributed by atoms with Crippen molar-refractivity contribution in [3.05, 3.63) is 65.7 Å². The van der Waals surface area contributed by atoms with E-state index in [0.717, 1.165) is 12.5 Å². The number of halogens is 2. The number of methoxy groups -OCH3 is 1. The maximum atomic E-state index is 13.3. The van der Waals surface area contributed by atoms with Crippen molar-refractivity contribution in [2.24, 2.45) is 0 Å². The molecule has 25 heavy (non-hydrogen) atoms. The molecule has 134 valence electrons. The number of hydrogen-bond acceptors (Lipinski definition) is 3. The van der Waals surface area contributed by atoms with E-state index in [1.54, 1.807) is 0 Å². The lowest BCUT2D eigenvalue weighted by molar-refractivity contribution is 0.0174. The van der Waals surface area contributed by atoms with Crippen LogP contribution < -0.4 is 10.1 Å². The van der Waals surface area contributed by atoms with E-state index in [2.05, 4.69) is 10.1 Å². The zero-order valence-electron chi connectivity index (χ0n) is 14.2. The number of nitrogens with one attached hydrogen (secondary N) is 1. The smallest absolute Gasteiger partial charge is 0.406 e. The third-order valence-corrected chi connectivity index (χ3v) is 3.67. The van der Waals surface area contributed by atoms with Crippen molar-refractivity contribution in [1.82, 2.24) is 5.32 Å². The summed E-state index contributed by atoms with van der Waals surface area (Å²) in [6.45, 7) is 1.21. The quantitative estimate of drug-likeness (QED) is 0.790. The second-order valence-corrected chi connectivity index (χ2v) is 5.64. The number of carbonyl (C=O) groups is 1. The Morgan fingerprint density at radius 2 is 1.76 bits per heavy atom. The highest BCUT2D eigenvalue weighted by Crippen LogP contribution is 2.30. The molecule has 0 saturated carbocycles. The largest absolute Gasteiger partial charge is 0.486 e. The van der Waals surface area contributed by atoms with Crippen molar-refractivity contribution >= 4 is 6.09 Å². The topological polar surface area (TPSA) is 47.6 Å². The van der Waals surface area contributed by atoms with E-state index in [1.807, 2.05) is 30.3 Å². The van der Waals surface area contributed by atoms with Crippen LogP contribution in [0.5, 0.6) is 5.75 Å². The highest BCUT2D eigenvalue weighted by atomic mass is 19.3. The Labute approximate surface area is 145 Å². The summed E-state index contributed by atoms with van der Waals surface area (Å²) >= 11 is 0. The van der Waals surface area contributed by atoms with Crippen molar-refractivity contribution in [2.75, 3.05) is 13.7 Å². The molecular weight excluding hydrogens is 328 g/mol. The molecule has 0 aromatic heterocycles. The number of alkyl halides is 2. The van der Waals surface area contributed by atoms with Crippen molar-refractivity contribution in [3.63, 3.8) is 0 Å². The molecule has 0 spiro atoms. The highest BCUT2D eigenvalue weighted by molar-refractivity contribution is 5.66. The molecule has 4 nitrogen and oxygen atoms in total. The van der Waals surface area contributed by atoms with Gasteiger partial charge >= 0.3 is 6.09 Å². The lowest BCUT2D eigenvalue weighted by Gasteiger charge is -2.20.